The Kier molecular flexibility index (Phi) is 8.52. The van der Waals surface area contributed by atoms with E-state index in [-0.39, 0.29) is 23.7 Å². The average molecular weight is 393 g/mol. The van der Waals surface area contributed by atoms with Gasteiger partial charge in [-0.05, 0) is 0 Å². The van der Waals surface area contributed by atoms with Crippen molar-refractivity contribution in [3.05, 3.63) is 12.2 Å². The van der Waals surface area contributed by atoms with Gasteiger partial charge in [-0.2, -0.15) is 0 Å². The Balaban J connectivity index is 5.35. The van der Waals surface area contributed by atoms with E-state index in [9.17, 15) is 14.4 Å². The molecule has 7 heteroatoms. The Morgan fingerprint density at radius 1 is 0.850 bits per heavy atom. The maximum absolute atomic E-state index is 11.6. The molecule has 0 aromatic carbocycles. The van der Waals surface area contributed by atoms with Gasteiger partial charge in [-0.25, -0.2) is 0 Å². The van der Waals surface area contributed by atoms with E-state index in [0.717, 1.165) is 0 Å². The standard InChI is InChI=1S/C4H7.3C3H6O2.Sn/c1-4(2)3;3*1-2-3(4)5;/h1-2H2,3H3;3*2H2,1H3,(H,4,5);/q;;;;+3/p-3. The topological polar surface area (TPSA) is 78.9 Å². The van der Waals surface area contributed by atoms with Gasteiger partial charge < -0.3 is 0 Å². The van der Waals surface area contributed by atoms with E-state index < -0.39 is 37.5 Å². The second kappa shape index (κ2) is 8.99. The van der Waals surface area contributed by atoms with E-state index in [1.165, 1.54) is 0 Å². The van der Waals surface area contributed by atoms with Crippen molar-refractivity contribution in [2.75, 3.05) is 0 Å². The first-order valence-corrected chi connectivity index (χ1v) is 12.1. The molecule has 0 aliphatic heterocycles. The van der Waals surface area contributed by atoms with Gasteiger partial charge in [-0.3, -0.25) is 0 Å². The summed E-state index contributed by atoms with van der Waals surface area (Å²) in [7, 11) is 0. The van der Waals surface area contributed by atoms with Crippen LogP contribution >= 0.6 is 0 Å². The molecule has 0 heterocycles. The Morgan fingerprint density at radius 2 is 1.15 bits per heavy atom. The second-order valence-corrected chi connectivity index (χ2v) is 11.0. The number of rotatable bonds is 8. The molecular weight excluding hydrogens is 371 g/mol. The number of allylic oxidation sites excluding steroid dienone is 1. The first-order chi connectivity index (χ1) is 9.28. The van der Waals surface area contributed by atoms with Crippen molar-refractivity contribution in [3.8, 4) is 0 Å². The molecule has 0 unspecified atom stereocenters. The molecule has 20 heavy (non-hydrogen) atoms. The van der Waals surface area contributed by atoms with Crippen molar-refractivity contribution in [1.29, 1.82) is 0 Å². The van der Waals surface area contributed by atoms with E-state index in [0.29, 0.717) is 5.57 Å². The van der Waals surface area contributed by atoms with Gasteiger partial charge in [0, 0.05) is 0 Å². The number of hydrogen-bond donors (Lipinski definition) is 0. The maximum atomic E-state index is 11.6. The average Bonchev–Trinajstić information content (AvgIpc) is 2.36. The van der Waals surface area contributed by atoms with Crippen LogP contribution in [0, 0.1) is 0 Å². The van der Waals surface area contributed by atoms with Crippen LogP contribution in [0.5, 0.6) is 0 Å². The van der Waals surface area contributed by atoms with Crippen molar-refractivity contribution in [3.63, 3.8) is 0 Å². The molecule has 0 amide bonds. The fourth-order valence-corrected chi connectivity index (χ4v) is 8.57. The van der Waals surface area contributed by atoms with Crippen LogP contribution in [0.3, 0.4) is 0 Å². The third kappa shape index (κ3) is 6.93. The molecule has 0 bridgehead atoms. The summed E-state index contributed by atoms with van der Waals surface area (Å²) in [5.74, 6) is -1.64. The zero-order valence-electron chi connectivity index (χ0n) is 12.5. The van der Waals surface area contributed by atoms with E-state index >= 15 is 0 Å². The summed E-state index contributed by atoms with van der Waals surface area (Å²) in [5, 5.41) is 0. The molecule has 0 saturated heterocycles. The van der Waals surface area contributed by atoms with Crippen LogP contribution in [-0.2, 0) is 23.6 Å². The quantitative estimate of drug-likeness (QED) is 0.466. The fraction of sp³-hybridized carbons (Fsp3) is 0.615. The Hall–Kier alpha value is -1.05. The van der Waals surface area contributed by atoms with E-state index in [2.05, 4.69) is 6.58 Å². The summed E-state index contributed by atoms with van der Waals surface area (Å²) in [6.07, 6.45) is 0.340. The minimum atomic E-state index is -4.63. The van der Waals surface area contributed by atoms with E-state index in [4.69, 9.17) is 9.22 Å². The van der Waals surface area contributed by atoms with Crippen molar-refractivity contribution in [2.45, 2.75) is 51.4 Å². The molecule has 0 aliphatic carbocycles. The second-order valence-electron chi connectivity index (χ2n) is 4.30. The molecule has 0 fully saturated rings. The molecule has 0 radical (unpaired) electrons. The number of carbonyl (C=O) groups is 3. The fourth-order valence-electron chi connectivity index (χ4n) is 1.28. The van der Waals surface area contributed by atoms with Crippen LogP contribution in [0.2, 0.25) is 4.44 Å². The molecule has 0 aliphatic rings. The molecule has 6 nitrogen and oxygen atoms in total. The zero-order chi connectivity index (χ0) is 15.8. The van der Waals surface area contributed by atoms with Gasteiger partial charge in [0.1, 0.15) is 0 Å². The first-order valence-electron chi connectivity index (χ1n) is 6.58. The predicted octanol–water partition coefficient (Wildman–Crippen LogP) is 2.36. The van der Waals surface area contributed by atoms with E-state index in [1.54, 1.807) is 27.7 Å². The SMILES string of the molecule is C=C(C)[CH2][Sn]([O]C(=O)CC)([O]C(=O)CC)[O]C(=O)CC. The molecule has 114 valence electrons. The van der Waals surface area contributed by atoms with Crippen molar-refractivity contribution in [1.82, 2.24) is 0 Å². The third-order valence-corrected chi connectivity index (χ3v) is 9.76. The van der Waals surface area contributed by atoms with Gasteiger partial charge in [0.15, 0.2) is 0 Å². The molecule has 0 aromatic heterocycles. The van der Waals surface area contributed by atoms with Crippen LogP contribution in [0.15, 0.2) is 12.2 Å². The van der Waals surface area contributed by atoms with Crippen LogP contribution in [0.1, 0.15) is 47.0 Å². The normalized spacial score (nSPS) is 10.6. The van der Waals surface area contributed by atoms with Gasteiger partial charge in [0.2, 0.25) is 0 Å². The molecule has 0 N–H and O–H groups in total. The Bertz CT molecular complexity index is 345. The molecule has 0 atom stereocenters. The molecule has 0 spiro atoms. The Morgan fingerprint density at radius 3 is 1.35 bits per heavy atom. The predicted molar refractivity (Wildman–Crippen MR) is 74.5 cm³/mol. The number of hydrogen-bond acceptors (Lipinski definition) is 6. The Labute approximate surface area is 125 Å². The van der Waals surface area contributed by atoms with Crippen molar-refractivity contribution in [2.24, 2.45) is 0 Å². The third-order valence-electron chi connectivity index (χ3n) is 2.19. The number of carbonyl (C=O) groups excluding carboxylic acids is 3. The summed E-state index contributed by atoms with van der Waals surface area (Å²) < 4.78 is 15.9. The summed E-state index contributed by atoms with van der Waals surface area (Å²) in [6.45, 7) is 10.3. The molecular formula is C13H22O6Sn. The van der Waals surface area contributed by atoms with Crippen LogP contribution in [-0.4, -0.2) is 37.5 Å². The van der Waals surface area contributed by atoms with Crippen LogP contribution in [0.4, 0.5) is 0 Å². The molecule has 0 aromatic rings. The van der Waals surface area contributed by atoms with Gasteiger partial charge in [0.25, 0.3) is 0 Å². The summed E-state index contributed by atoms with van der Waals surface area (Å²) in [6, 6.07) is 0. The van der Waals surface area contributed by atoms with Crippen LogP contribution in [0.25, 0.3) is 0 Å². The van der Waals surface area contributed by atoms with Gasteiger partial charge in [-0.1, -0.05) is 0 Å². The van der Waals surface area contributed by atoms with Gasteiger partial charge in [-0.15, -0.1) is 0 Å². The van der Waals surface area contributed by atoms with Crippen LogP contribution < -0.4 is 0 Å². The van der Waals surface area contributed by atoms with Crippen molar-refractivity contribution >= 4 is 37.5 Å². The van der Waals surface area contributed by atoms with Gasteiger partial charge in [0.05, 0.1) is 0 Å². The zero-order valence-corrected chi connectivity index (χ0v) is 15.3. The van der Waals surface area contributed by atoms with E-state index in [1.807, 2.05) is 0 Å². The minimum absolute atomic E-state index is 0.109. The summed E-state index contributed by atoms with van der Waals surface area (Å²) >= 11 is -4.63. The summed E-state index contributed by atoms with van der Waals surface area (Å²) in [4.78, 5) is 34.7. The van der Waals surface area contributed by atoms with Gasteiger partial charge >= 0.3 is 125 Å². The molecule has 0 rings (SSSR count). The molecule has 0 saturated carbocycles. The monoisotopic (exact) mass is 394 g/mol. The summed E-state index contributed by atoms with van der Waals surface area (Å²) in [5.41, 5.74) is 0.637. The van der Waals surface area contributed by atoms with Crippen molar-refractivity contribution < 1.29 is 23.6 Å². The first kappa shape index (κ1) is 18.9.